The molecule has 10 nitrogen and oxygen atoms in total. The highest BCUT2D eigenvalue weighted by molar-refractivity contribution is 7.09. The summed E-state index contributed by atoms with van der Waals surface area (Å²) in [7, 11) is 3.67. The fourth-order valence-electron chi connectivity index (χ4n) is 4.74. The number of amides is 1. The molecule has 11 heteroatoms. The first-order valence-corrected chi connectivity index (χ1v) is 12.4. The lowest BCUT2D eigenvalue weighted by Crippen LogP contribution is -2.35. The van der Waals surface area contributed by atoms with Crippen molar-refractivity contribution in [2.24, 2.45) is 0 Å². The van der Waals surface area contributed by atoms with Gasteiger partial charge in [-0.3, -0.25) is 9.69 Å². The Kier molecular flexibility index (Phi) is 5.78. The Labute approximate surface area is 211 Å². The number of hydrogen-bond donors (Lipinski definition) is 1. The Balaban J connectivity index is 1.32. The second-order valence-corrected chi connectivity index (χ2v) is 9.64. The fraction of sp³-hybridized carbons (Fsp3) is 0.280. The summed E-state index contributed by atoms with van der Waals surface area (Å²) in [5.74, 6) is 2.46. The third-order valence-corrected chi connectivity index (χ3v) is 7.39. The number of ether oxygens (including phenoxy) is 3. The van der Waals surface area contributed by atoms with E-state index in [1.807, 2.05) is 42.8 Å². The lowest BCUT2D eigenvalue weighted by molar-refractivity contribution is 0.0951. The first kappa shape index (κ1) is 22.5. The number of carbonyl (C=O) groups is 1. The van der Waals surface area contributed by atoms with Crippen molar-refractivity contribution in [1.82, 2.24) is 30.4 Å². The molecule has 0 aliphatic carbocycles. The van der Waals surface area contributed by atoms with Gasteiger partial charge < -0.3 is 19.5 Å². The minimum absolute atomic E-state index is 0.131. The Morgan fingerprint density at radius 3 is 2.89 bits per heavy atom. The number of aromatic nitrogens is 4. The molecular formula is C25H24N6O4S. The van der Waals surface area contributed by atoms with Gasteiger partial charge in [0.05, 0.1) is 19.3 Å². The first-order chi connectivity index (χ1) is 17.6. The van der Waals surface area contributed by atoms with Gasteiger partial charge in [0.1, 0.15) is 6.04 Å². The molecule has 0 saturated heterocycles. The minimum atomic E-state index is -0.262. The van der Waals surface area contributed by atoms with Crippen molar-refractivity contribution in [2.45, 2.75) is 19.0 Å². The first-order valence-electron chi connectivity index (χ1n) is 11.5. The number of thiophene rings is 1. The number of rotatable bonds is 6. The molecule has 2 aromatic heterocycles. The molecule has 184 valence electrons. The van der Waals surface area contributed by atoms with E-state index in [9.17, 15) is 4.79 Å². The van der Waals surface area contributed by atoms with E-state index in [2.05, 4.69) is 25.7 Å². The molecule has 0 unspecified atom stereocenters. The fourth-order valence-corrected chi connectivity index (χ4v) is 5.39. The molecule has 2 aliphatic heterocycles. The van der Waals surface area contributed by atoms with Crippen LogP contribution in [0, 0.1) is 0 Å². The van der Waals surface area contributed by atoms with Crippen LogP contribution in [0.3, 0.4) is 0 Å². The van der Waals surface area contributed by atoms with E-state index >= 15 is 0 Å². The van der Waals surface area contributed by atoms with Crippen LogP contribution in [0.4, 0.5) is 0 Å². The molecular weight excluding hydrogens is 480 g/mol. The molecule has 0 fully saturated rings. The van der Waals surface area contributed by atoms with Gasteiger partial charge in [-0.2, -0.15) is 4.68 Å². The third-order valence-electron chi connectivity index (χ3n) is 6.51. The van der Waals surface area contributed by atoms with Crippen molar-refractivity contribution >= 4 is 17.2 Å². The summed E-state index contributed by atoms with van der Waals surface area (Å²) in [6, 6.07) is 13.0. The zero-order valence-electron chi connectivity index (χ0n) is 19.8. The van der Waals surface area contributed by atoms with Crippen LogP contribution in [0.15, 0.2) is 47.8 Å². The smallest absolute Gasteiger partial charge is 0.251 e. The summed E-state index contributed by atoms with van der Waals surface area (Å²) in [4.78, 5) is 15.9. The van der Waals surface area contributed by atoms with E-state index in [0.717, 1.165) is 34.7 Å². The van der Waals surface area contributed by atoms with Crippen molar-refractivity contribution in [3.8, 4) is 22.9 Å². The monoisotopic (exact) mass is 504 g/mol. The number of nitrogens with zero attached hydrogens (tertiary/aromatic N) is 5. The van der Waals surface area contributed by atoms with Crippen LogP contribution in [-0.2, 0) is 13.0 Å². The Bertz CT molecular complexity index is 1400. The maximum absolute atomic E-state index is 12.6. The van der Waals surface area contributed by atoms with Crippen molar-refractivity contribution in [2.75, 3.05) is 27.5 Å². The highest BCUT2D eigenvalue weighted by Crippen LogP contribution is 2.50. The van der Waals surface area contributed by atoms with E-state index in [1.165, 1.54) is 0 Å². The predicted molar refractivity (Wildman–Crippen MR) is 132 cm³/mol. The number of tetrazole rings is 1. The normalized spacial score (nSPS) is 16.6. The second-order valence-electron chi connectivity index (χ2n) is 8.61. The van der Waals surface area contributed by atoms with Crippen LogP contribution >= 0.6 is 11.3 Å². The van der Waals surface area contributed by atoms with Crippen LogP contribution in [-0.4, -0.2) is 58.5 Å². The lowest BCUT2D eigenvalue weighted by Gasteiger charge is -2.34. The number of nitrogens with one attached hydrogen (secondary N) is 1. The van der Waals surface area contributed by atoms with Crippen LogP contribution in [0.5, 0.6) is 17.2 Å². The van der Waals surface area contributed by atoms with E-state index < -0.39 is 0 Å². The molecule has 0 spiro atoms. The van der Waals surface area contributed by atoms with E-state index in [4.69, 9.17) is 14.2 Å². The number of hydrogen-bond acceptors (Lipinski definition) is 9. The van der Waals surface area contributed by atoms with Crippen LogP contribution in [0.1, 0.15) is 38.2 Å². The molecule has 2 aromatic carbocycles. The van der Waals surface area contributed by atoms with Gasteiger partial charge in [0.15, 0.2) is 17.3 Å². The molecule has 0 bridgehead atoms. The van der Waals surface area contributed by atoms with Gasteiger partial charge in [-0.1, -0.05) is 6.07 Å². The van der Waals surface area contributed by atoms with Crippen molar-refractivity contribution in [3.05, 3.63) is 75.2 Å². The molecule has 4 aromatic rings. The molecule has 1 N–H and O–H groups in total. The number of fused-ring (bicyclic) bond motifs is 2. The van der Waals surface area contributed by atoms with E-state index in [1.54, 1.807) is 35.3 Å². The highest BCUT2D eigenvalue weighted by atomic mass is 32.1. The molecule has 4 heterocycles. The zero-order chi connectivity index (χ0) is 24.6. The van der Waals surface area contributed by atoms with Gasteiger partial charge >= 0.3 is 0 Å². The van der Waals surface area contributed by atoms with Gasteiger partial charge in [-0.25, -0.2) is 0 Å². The SMILES string of the molecule is COc1c2c(cc3c1[C@@H](c1nnnn1-c1ccc(C(=O)NCc4cccs4)cc1)N(C)CC3)OCO2. The average molecular weight is 505 g/mol. The summed E-state index contributed by atoms with van der Waals surface area (Å²) in [6.45, 7) is 1.49. The third kappa shape index (κ3) is 3.86. The topological polar surface area (TPSA) is 104 Å². The van der Waals surface area contributed by atoms with Gasteiger partial charge in [-0.15, -0.1) is 16.4 Å². The largest absolute Gasteiger partial charge is 0.492 e. The maximum atomic E-state index is 12.6. The molecule has 0 radical (unpaired) electrons. The van der Waals surface area contributed by atoms with Crippen LogP contribution < -0.4 is 19.5 Å². The molecule has 36 heavy (non-hydrogen) atoms. The standard InChI is InChI=1S/C25H24N6O4S/c1-30-10-9-16-12-19-22(35-14-34-19)23(33-2)20(16)21(30)24-27-28-29-31(24)17-7-5-15(6-8-17)25(32)26-13-18-4-3-11-36-18/h3-8,11-12,21H,9-10,13-14H2,1-2H3,(H,26,32)/t21-/m0/s1. The molecule has 2 aliphatic rings. The zero-order valence-corrected chi connectivity index (χ0v) is 20.6. The van der Waals surface area contributed by atoms with E-state index in [0.29, 0.717) is 35.2 Å². The Morgan fingerprint density at radius 2 is 2.11 bits per heavy atom. The summed E-state index contributed by atoms with van der Waals surface area (Å²) in [5, 5.41) is 17.6. The summed E-state index contributed by atoms with van der Waals surface area (Å²) < 4.78 is 18.9. The number of methoxy groups -OCH3 is 1. The quantitative estimate of drug-likeness (QED) is 0.428. The molecule has 1 amide bonds. The van der Waals surface area contributed by atoms with Crippen LogP contribution in [0.25, 0.3) is 5.69 Å². The van der Waals surface area contributed by atoms with Crippen LogP contribution in [0.2, 0.25) is 0 Å². The number of likely N-dealkylation sites (N-methyl/N-ethyl adjacent to an activating group) is 1. The van der Waals surface area contributed by atoms with Crippen molar-refractivity contribution < 1.29 is 19.0 Å². The van der Waals surface area contributed by atoms with Gasteiger partial charge in [0.25, 0.3) is 5.91 Å². The number of benzene rings is 2. The average Bonchev–Trinajstić information content (AvgIpc) is 3.68. The Morgan fingerprint density at radius 1 is 1.25 bits per heavy atom. The van der Waals surface area contributed by atoms with Crippen molar-refractivity contribution in [3.63, 3.8) is 0 Å². The van der Waals surface area contributed by atoms with Gasteiger partial charge in [-0.05, 0) is 71.2 Å². The lowest BCUT2D eigenvalue weighted by atomic mass is 9.90. The summed E-state index contributed by atoms with van der Waals surface area (Å²) >= 11 is 1.61. The second kappa shape index (κ2) is 9.25. The summed E-state index contributed by atoms with van der Waals surface area (Å²) in [5.41, 5.74) is 3.41. The van der Waals surface area contributed by atoms with Gasteiger partial charge in [0.2, 0.25) is 12.5 Å². The molecule has 0 saturated carbocycles. The minimum Gasteiger partial charge on any atom is -0.492 e. The maximum Gasteiger partial charge on any atom is 0.251 e. The molecule has 1 atom stereocenters. The van der Waals surface area contributed by atoms with Gasteiger partial charge in [0, 0.05) is 22.5 Å². The molecule has 6 rings (SSSR count). The highest BCUT2D eigenvalue weighted by Gasteiger charge is 2.37. The predicted octanol–water partition coefficient (Wildman–Crippen LogP) is 2.97. The van der Waals surface area contributed by atoms with E-state index in [-0.39, 0.29) is 18.7 Å². The summed E-state index contributed by atoms with van der Waals surface area (Å²) in [6.07, 6.45) is 0.839. The van der Waals surface area contributed by atoms with Crippen molar-refractivity contribution in [1.29, 1.82) is 0 Å². The Hall–Kier alpha value is -3.96. The number of carbonyl (C=O) groups excluding carboxylic acids is 1.